The second kappa shape index (κ2) is 17.7. The topological polar surface area (TPSA) is 120 Å². The van der Waals surface area contributed by atoms with Crippen LogP contribution in [0, 0.1) is 0 Å². The van der Waals surface area contributed by atoms with Gasteiger partial charge in [-0.2, -0.15) is 0 Å². The minimum absolute atomic E-state index is 0.446. The van der Waals surface area contributed by atoms with Crippen LogP contribution < -0.4 is 77.6 Å². The molecular weight excluding hydrogens is 697 g/mol. The van der Waals surface area contributed by atoms with Crippen molar-refractivity contribution in [3.8, 4) is 69.0 Å². The molecule has 0 aliphatic carbocycles. The van der Waals surface area contributed by atoms with E-state index in [1.165, 1.54) is 0 Å². The molecule has 0 aliphatic rings. The predicted molar refractivity (Wildman–Crippen MR) is 198 cm³/mol. The summed E-state index contributed by atoms with van der Waals surface area (Å²) in [6, 6.07) is 14.5. The van der Waals surface area contributed by atoms with E-state index in [9.17, 15) is 0 Å². The lowest BCUT2D eigenvalue weighted by atomic mass is 10.3. The molecule has 0 radical (unpaired) electrons. The molecule has 4 rings (SSSR count). The monoisotopic (exact) mass is 742 g/mol. The van der Waals surface area contributed by atoms with Gasteiger partial charge >= 0.3 is 0 Å². The highest BCUT2D eigenvalue weighted by Crippen LogP contribution is 2.36. The first-order chi connectivity index (χ1) is 24.7. The van der Waals surface area contributed by atoms with Crippen LogP contribution in [0.5, 0.6) is 69.0 Å². The van der Waals surface area contributed by atoms with Gasteiger partial charge in [0.25, 0.3) is 0 Å². The highest BCUT2D eigenvalue weighted by Gasteiger charge is 2.38. The Kier molecular flexibility index (Phi) is 13.4. The van der Waals surface area contributed by atoms with Crippen molar-refractivity contribution in [2.45, 2.75) is 0 Å². The molecule has 0 saturated heterocycles. The lowest BCUT2D eigenvalue weighted by Crippen LogP contribution is -2.57. The van der Waals surface area contributed by atoms with Crippen LogP contribution in [0.2, 0.25) is 0 Å². The Hall–Kier alpha value is -5.13. The van der Waals surface area contributed by atoms with Gasteiger partial charge < -0.3 is 61.0 Å². The van der Waals surface area contributed by atoms with Gasteiger partial charge in [0.15, 0.2) is 46.0 Å². The van der Waals surface area contributed by atoms with Crippen LogP contribution in [-0.2, 0) is 4.12 Å². The Balaban J connectivity index is 2.24. The van der Waals surface area contributed by atoms with Gasteiger partial charge in [0.1, 0.15) is 23.0 Å². The molecule has 4 aromatic carbocycles. The van der Waals surface area contributed by atoms with E-state index in [1.807, 2.05) is 24.3 Å². The highest BCUT2D eigenvalue weighted by atomic mass is 28.4. The van der Waals surface area contributed by atoms with Crippen molar-refractivity contribution < 1.29 is 61.0 Å². The zero-order valence-corrected chi connectivity index (χ0v) is 33.4. The van der Waals surface area contributed by atoms with Crippen LogP contribution in [0.15, 0.2) is 48.5 Å². The summed E-state index contributed by atoms with van der Waals surface area (Å²) in [5, 5.41) is 2.73. The lowest BCUT2D eigenvalue weighted by molar-refractivity contribution is 0.348. The van der Waals surface area contributed by atoms with Crippen LogP contribution in [-0.4, -0.2) is 103 Å². The minimum Gasteiger partial charge on any atom is -0.497 e. The first-order valence-corrected chi connectivity index (χ1v) is 18.8. The van der Waals surface area contributed by atoms with E-state index in [2.05, 4.69) is 0 Å². The summed E-state index contributed by atoms with van der Waals surface area (Å²) in [7, 11) is 12.7. The Bertz CT molecular complexity index is 1540. The number of hydrogen-bond donors (Lipinski definition) is 0. The van der Waals surface area contributed by atoms with E-state index in [0.717, 1.165) is 0 Å². The van der Waals surface area contributed by atoms with Crippen molar-refractivity contribution in [2.75, 3.05) is 85.3 Å². The van der Waals surface area contributed by atoms with Crippen molar-refractivity contribution in [3.63, 3.8) is 0 Å². The molecule has 13 nitrogen and oxygen atoms in total. The number of rotatable bonds is 18. The Labute approximate surface area is 302 Å². The molecule has 0 N–H and O–H groups in total. The Morgan fingerprint density at radius 1 is 0.275 bits per heavy atom. The zero-order chi connectivity index (χ0) is 37.2. The summed E-state index contributed by atoms with van der Waals surface area (Å²) in [5.74, 6) is 5.70. The summed E-state index contributed by atoms with van der Waals surface area (Å²) < 4.78 is 78.1. The molecule has 0 fully saturated rings. The molecule has 0 aromatic heterocycles. The molecule has 0 spiro atoms. The minimum atomic E-state index is -3.07. The van der Waals surface area contributed by atoms with E-state index >= 15 is 0 Å². The van der Waals surface area contributed by atoms with E-state index < -0.39 is 18.1 Å². The predicted octanol–water partition coefficient (Wildman–Crippen LogP) is 2.18. The van der Waals surface area contributed by atoms with E-state index in [1.54, 1.807) is 110 Å². The fourth-order valence-corrected chi connectivity index (χ4v) is 13.2. The lowest BCUT2D eigenvalue weighted by Gasteiger charge is -2.30. The van der Waals surface area contributed by atoms with Crippen LogP contribution >= 0.6 is 0 Å². The Morgan fingerprint density at radius 2 is 0.490 bits per heavy atom. The van der Waals surface area contributed by atoms with Gasteiger partial charge in [-0.25, -0.2) is 0 Å². The maximum absolute atomic E-state index is 7.67. The third-order valence-corrected chi connectivity index (χ3v) is 14.4. The first kappa shape index (κ1) is 38.7. The SMILES string of the molecule is COc1cc(OC)c(OC)c([SiH](O[SiH](c2cc(OC)cc(OC)c2OC)c2cc(OC)cc(OC)c2OC)c2cc(OC)cc(OC)c2OC)c1. The van der Waals surface area contributed by atoms with E-state index in [-0.39, 0.29) is 0 Å². The fourth-order valence-electron chi connectivity index (χ4n) is 5.89. The average molecular weight is 743 g/mol. The summed E-state index contributed by atoms with van der Waals surface area (Å²) in [5.41, 5.74) is 0. The van der Waals surface area contributed by atoms with Crippen LogP contribution in [0.25, 0.3) is 0 Å². The molecule has 51 heavy (non-hydrogen) atoms. The maximum atomic E-state index is 7.67. The summed E-state index contributed by atoms with van der Waals surface area (Å²) in [4.78, 5) is 0. The summed E-state index contributed by atoms with van der Waals surface area (Å²) >= 11 is 0. The van der Waals surface area contributed by atoms with Crippen molar-refractivity contribution in [1.82, 2.24) is 0 Å². The smallest absolute Gasteiger partial charge is 0.236 e. The van der Waals surface area contributed by atoms with Crippen molar-refractivity contribution in [2.24, 2.45) is 0 Å². The summed E-state index contributed by atoms with van der Waals surface area (Å²) in [6.07, 6.45) is 0. The van der Waals surface area contributed by atoms with E-state index in [0.29, 0.717) is 89.7 Å². The van der Waals surface area contributed by atoms with Crippen LogP contribution in [0.1, 0.15) is 0 Å². The second-order valence-electron chi connectivity index (χ2n) is 10.7. The maximum Gasteiger partial charge on any atom is 0.236 e. The molecule has 0 heterocycles. The normalized spacial score (nSPS) is 10.8. The summed E-state index contributed by atoms with van der Waals surface area (Å²) in [6.45, 7) is 0. The average Bonchev–Trinajstić information content (AvgIpc) is 3.18. The molecule has 0 aliphatic heterocycles. The van der Waals surface area contributed by atoms with Gasteiger partial charge in [0, 0.05) is 45.0 Å². The molecular formula is C36H46O13Si2. The van der Waals surface area contributed by atoms with Crippen LogP contribution in [0.4, 0.5) is 0 Å². The third kappa shape index (κ3) is 7.79. The van der Waals surface area contributed by atoms with Gasteiger partial charge in [-0.15, -0.1) is 0 Å². The zero-order valence-electron chi connectivity index (χ0n) is 31.1. The number of ether oxygens (including phenoxy) is 12. The van der Waals surface area contributed by atoms with Gasteiger partial charge in [-0.05, 0) is 24.3 Å². The standard InChI is InChI=1S/C36H46O13Si2/c1-37-21-13-25(41-5)33(45-9)29(17-21)50(30-18-22(38-2)14-26(42-6)34(30)46-10)49-51(31-19-23(39-3)15-27(43-7)35(31)47-11)32-20-24(40-4)16-28(44-8)36(32)48-12/h13-20,50-51H,1-12H3. The molecule has 4 aromatic rings. The van der Waals surface area contributed by atoms with Crippen LogP contribution in [0.3, 0.4) is 0 Å². The molecule has 0 atom stereocenters. The van der Waals surface area contributed by atoms with Gasteiger partial charge in [-0.3, -0.25) is 0 Å². The quantitative estimate of drug-likeness (QED) is 0.139. The van der Waals surface area contributed by atoms with Gasteiger partial charge in [0.05, 0.1) is 85.3 Å². The molecule has 0 bridgehead atoms. The second-order valence-corrected chi connectivity index (χ2v) is 15.8. The molecule has 15 heteroatoms. The van der Waals surface area contributed by atoms with E-state index in [4.69, 9.17) is 61.0 Å². The molecule has 0 amide bonds. The molecule has 276 valence electrons. The Morgan fingerprint density at radius 3 is 0.647 bits per heavy atom. The first-order valence-electron chi connectivity index (χ1n) is 15.6. The molecule has 0 unspecified atom stereocenters. The number of hydrogen-bond acceptors (Lipinski definition) is 13. The highest BCUT2D eigenvalue weighted by molar-refractivity contribution is 6.93. The largest absolute Gasteiger partial charge is 0.497 e. The van der Waals surface area contributed by atoms with Gasteiger partial charge in [-0.1, -0.05) is 0 Å². The molecule has 0 saturated carbocycles. The number of benzene rings is 4. The fraction of sp³-hybridized carbons (Fsp3) is 0.333. The van der Waals surface area contributed by atoms with Crippen molar-refractivity contribution in [1.29, 1.82) is 0 Å². The van der Waals surface area contributed by atoms with Crippen molar-refractivity contribution >= 4 is 38.8 Å². The van der Waals surface area contributed by atoms with Gasteiger partial charge in [0.2, 0.25) is 18.1 Å². The number of methoxy groups -OCH3 is 12. The van der Waals surface area contributed by atoms with Crippen molar-refractivity contribution in [3.05, 3.63) is 48.5 Å². The third-order valence-electron chi connectivity index (χ3n) is 8.27.